The SMILES string of the molecule is CC(O)CCC/C=C/c1ccc(-c2ccc(O)cn2)cc1F. The van der Waals surface area contributed by atoms with E-state index in [9.17, 15) is 9.50 Å². The number of aromatic hydroxyl groups is 1. The van der Waals surface area contributed by atoms with Crippen molar-refractivity contribution in [1.82, 2.24) is 4.98 Å². The molecule has 116 valence electrons. The van der Waals surface area contributed by atoms with E-state index < -0.39 is 0 Å². The summed E-state index contributed by atoms with van der Waals surface area (Å²) < 4.78 is 14.1. The normalized spacial score (nSPS) is 12.7. The highest BCUT2D eigenvalue weighted by Gasteiger charge is 2.04. The maximum Gasteiger partial charge on any atom is 0.133 e. The van der Waals surface area contributed by atoms with Gasteiger partial charge in [0, 0.05) is 11.1 Å². The van der Waals surface area contributed by atoms with Gasteiger partial charge in [0.25, 0.3) is 0 Å². The van der Waals surface area contributed by atoms with Gasteiger partial charge in [0.05, 0.1) is 18.0 Å². The topological polar surface area (TPSA) is 53.4 Å². The molecular weight excluding hydrogens is 281 g/mol. The predicted molar refractivity (Wildman–Crippen MR) is 85.9 cm³/mol. The monoisotopic (exact) mass is 301 g/mol. The van der Waals surface area contributed by atoms with Gasteiger partial charge in [0.15, 0.2) is 0 Å². The van der Waals surface area contributed by atoms with E-state index in [1.54, 1.807) is 31.2 Å². The van der Waals surface area contributed by atoms with Crippen molar-refractivity contribution in [2.45, 2.75) is 32.3 Å². The highest BCUT2D eigenvalue weighted by atomic mass is 19.1. The molecule has 1 unspecified atom stereocenters. The molecule has 0 saturated heterocycles. The minimum Gasteiger partial charge on any atom is -0.506 e. The lowest BCUT2D eigenvalue weighted by Crippen LogP contribution is -1.97. The molecule has 1 atom stereocenters. The molecule has 2 aromatic rings. The molecule has 3 nitrogen and oxygen atoms in total. The molecule has 1 aromatic heterocycles. The third-order valence-electron chi connectivity index (χ3n) is 3.33. The van der Waals surface area contributed by atoms with Gasteiger partial charge >= 0.3 is 0 Å². The summed E-state index contributed by atoms with van der Waals surface area (Å²) in [5, 5.41) is 18.4. The number of hydrogen-bond acceptors (Lipinski definition) is 3. The number of benzene rings is 1. The molecule has 4 heteroatoms. The molecule has 2 N–H and O–H groups in total. The smallest absolute Gasteiger partial charge is 0.133 e. The van der Waals surface area contributed by atoms with Gasteiger partial charge < -0.3 is 10.2 Å². The van der Waals surface area contributed by atoms with E-state index in [-0.39, 0.29) is 17.7 Å². The van der Waals surface area contributed by atoms with Gasteiger partial charge in [-0.2, -0.15) is 0 Å². The molecule has 0 radical (unpaired) electrons. The van der Waals surface area contributed by atoms with Crippen LogP contribution in [0, 0.1) is 5.82 Å². The molecule has 0 spiro atoms. The Morgan fingerprint density at radius 3 is 2.73 bits per heavy atom. The fraction of sp³-hybridized carbons (Fsp3) is 0.278. The molecule has 0 bridgehead atoms. The van der Waals surface area contributed by atoms with Crippen LogP contribution in [0.2, 0.25) is 0 Å². The lowest BCUT2D eigenvalue weighted by atomic mass is 10.1. The summed E-state index contributed by atoms with van der Waals surface area (Å²) in [6.45, 7) is 1.76. The number of aliphatic hydroxyl groups is 1. The summed E-state index contributed by atoms with van der Waals surface area (Å²) in [4.78, 5) is 4.06. The third kappa shape index (κ3) is 4.67. The number of rotatable bonds is 6. The highest BCUT2D eigenvalue weighted by Crippen LogP contribution is 2.22. The van der Waals surface area contributed by atoms with Crippen LogP contribution in [0.15, 0.2) is 42.6 Å². The Morgan fingerprint density at radius 1 is 1.27 bits per heavy atom. The Kier molecular flexibility index (Phi) is 5.67. The molecular formula is C18H20FNO2. The quantitative estimate of drug-likeness (QED) is 0.788. The van der Waals surface area contributed by atoms with Crippen molar-refractivity contribution >= 4 is 6.08 Å². The van der Waals surface area contributed by atoms with Gasteiger partial charge in [0.2, 0.25) is 0 Å². The van der Waals surface area contributed by atoms with Gasteiger partial charge in [-0.1, -0.05) is 24.3 Å². The highest BCUT2D eigenvalue weighted by molar-refractivity contribution is 5.63. The van der Waals surface area contributed by atoms with Crippen LogP contribution in [-0.2, 0) is 0 Å². The zero-order chi connectivity index (χ0) is 15.9. The molecule has 0 aliphatic heterocycles. The molecule has 0 aliphatic carbocycles. The van der Waals surface area contributed by atoms with Gasteiger partial charge in [-0.05, 0) is 44.4 Å². The summed E-state index contributed by atoms with van der Waals surface area (Å²) in [6.07, 6.45) is 7.16. The number of allylic oxidation sites excluding steroid dienone is 1. The number of pyridine rings is 1. The van der Waals surface area contributed by atoms with Gasteiger partial charge in [-0.15, -0.1) is 0 Å². The van der Waals surface area contributed by atoms with Crippen LogP contribution in [0.5, 0.6) is 5.75 Å². The first-order valence-corrected chi connectivity index (χ1v) is 7.36. The molecule has 0 amide bonds. The zero-order valence-corrected chi connectivity index (χ0v) is 12.5. The lowest BCUT2D eigenvalue weighted by molar-refractivity contribution is 0.182. The summed E-state index contributed by atoms with van der Waals surface area (Å²) >= 11 is 0. The van der Waals surface area contributed by atoms with Crippen molar-refractivity contribution in [2.24, 2.45) is 0 Å². The number of aromatic nitrogens is 1. The number of halogens is 1. The van der Waals surface area contributed by atoms with Crippen LogP contribution in [-0.4, -0.2) is 21.3 Å². The molecule has 1 aromatic carbocycles. The number of hydrogen-bond donors (Lipinski definition) is 2. The average molecular weight is 301 g/mol. The first-order valence-electron chi connectivity index (χ1n) is 7.36. The number of unbranched alkanes of at least 4 members (excludes halogenated alkanes) is 1. The maximum atomic E-state index is 14.1. The molecule has 1 heterocycles. The zero-order valence-electron chi connectivity index (χ0n) is 12.5. The minimum absolute atomic E-state index is 0.0842. The Bertz CT molecular complexity index is 636. The summed E-state index contributed by atoms with van der Waals surface area (Å²) in [5.74, 6) is -0.222. The lowest BCUT2D eigenvalue weighted by Gasteiger charge is -2.04. The van der Waals surface area contributed by atoms with Crippen molar-refractivity contribution in [3.63, 3.8) is 0 Å². The standard InChI is InChI=1S/C18H20FNO2/c1-13(21)5-3-2-4-6-14-7-8-15(11-17(14)19)18-10-9-16(22)12-20-18/h4,6-13,21-22H,2-3,5H2,1H3/b6-4+. The maximum absolute atomic E-state index is 14.1. The Hall–Kier alpha value is -2.20. The van der Waals surface area contributed by atoms with E-state index in [0.717, 1.165) is 19.3 Å². The summed E-state index contributed by atoms with van der Waals surface area (Å²) in [7, 11) is 0. The fourth-order valence-corrected chi connectivity index (χ4v) is 2.12. The predicted octanol–water partition coefficient (Wildman–Crippen LogP) is 4.16. The van der Waals surface area contributed by atoms with Crippen molar-refractivity contribution in [3.8, 4) is 17.0 Å². The van der Waals surface area contributed by atoms with Crippen LogP contribution >= 0.6 is 0 Å². The van der Waals surface area contributed by atoms with Gasteiger partial charge in [-0.3, -0.25) is 4.98 Å². The van der Waals surface area contributed by atoms with Crippen molar-refractivity contribution in [2.75, 3.05) is 0 Å². The van der Waals surface area contributed by atoms with E-state index in [1.807, 2.05) is 6.08 Å². The van der Waals surface area contributed by atoms with Gasteiger partial charge in [0.1, 0.15) is 11.6 Å². The minimum atomic E-state index is -0.306. The number of nitrogens with zero attached hydrogens (tertiary/aromatic N) is 1. The van der Waals surface area contributed by atoms with E-state index in [4.69, 9.17) is 5.11 Å². The first-order chi connectivity index (χ1) is 10.6. The van der Waals surface area contributed by atoms with E-state index >= 15 is 0 Å². The Morgan fingerprint density at radius 2 is 2.09 bits per heavy atom. The second kappa shape index (κ2) is 7.71. The first kappa shape index (κ1) is 16.2. The summed E-state index contributed by atoms with van der Waals surface area (Å²) in [5.41, 5.74) is 1.81. The molecule has 0 aliphatic rings. The van der Waals surface area contributed by atoms with E-state index in [0.29, 0.717) is 16.8 Å². The average Bonchev–Trinajstić information content (AvgIpc) is 2.49. The van der Waals surface area contributed by atoms with E-state index in [2.05, 4.69) is 4.98 Å². The van der Waals surface area contributed by atoms with Crippen molar-refractivity contribution < 1.29 is 14.6 Å². The largest absolute Gasteiger partial charge is 0.506 e. The van der Waals surface area contributed by atoms with Crippen LogP contribution in [0.1, 0.15) is 31.7 Å². The van der Waals surface area contributed by atoms with Crippen molar-refractivity contribution in [1.29, 1.82) is 0 Å². The van der Waals surface area contributed by atoms with Crippen LogP contribution in [0.25, 0.3) is 17.3 Å². The molecule has 0 fully saturated rings. The number of aliphatic hydroxyl groups excluding tert-OH is 1. The van der Waals surface area contributed by atoms with Gasteiger partial charge in [-0.25, -0.2) is 4.39 Å². The Balaban J connectivity index is 2.03. The van der Waals surface area contributed by atoms with Crippen molar-refractivity contribution in [3.05, 3.63) is 54.0 Å². The second-order valence-electron chi connectivity index (χ2n) is 5.32. The fourth-order valence-electron chi connectivity index (χ4n) is 2.12. The van der Waals surface area contributed by atoms with Crippen LogP contribution in [0.4, 0.5) is 4.39 Å². The van der Waals surface area contributed by atoms with E-state index in [1.165, 1.54) is 18.3 Å². The molecule has 0 saturated carbocycles. The van der Waals surface area contributed by atoms with Crippen LogP contribution < -0.4 is 0 Å². The second-order valence-corrected chi connectivity index (χ2v) is 5.32. The van der Waals surface area contributed by atoms with Crippen LogP contribution in [0.3, 0.4) is 0 Å². The molecule has 2 rings (SSSR count). The molecule has 22 heavy (non-hydrogen) atoms. The summed E-state index contributed by atoms with van der Waals surface area (Å²) in [6, 6.07) is 8.13. The Labute approximate surface area is 129 Å². The third-order valence-corrected chi connectivity index (χ3v) is 3.33.